The lowest BCUT2D eigenvalue weighted by Gasteiger charge is -2.30. The van der Waals surface area contributed by atoms with Gasteiger partial charge in [0.2, 0.25) is 0 Å². The van der Waals surface area contributed by atoms with Crippen LogP contribution in [0, 0.1) is 12.3 Å². The van der Waals surface area contributed by atoms with Crippen LogP contribution in [0.5, 0.6) is 0 Å². The van der Waals surface area contributed by atoms with Gasteiger partial charge in [-0.2, -0.15) is 0 Å². The fourth-order valence-corrected chi connectivity index (χ4v) is 1.26. The van der Waals surface area contributed by atoms with Crippen LogP contribution < -0.4 is 5.32 Å². The van der Waals surface area contributed by atoms with E-state index in [0.717, 1.165) is 25.9 Å². The third kappa shape index (κ3) is 3.11. The highest BCUT2D eigenvalue weighted by Gasteiger charge is 2.27. The Morgan fingerprint density at radius 1 is 1.45 bits per heavy atom. The first kappa shape index (κ1) is 10.8. The van der Waals surface area contributed by atoms with Crippen molar-refractivity contribution in [2.45, 2.75) is 24.9 Å². The van der Waals surface area contributed by atoms with E-state index in [4.69, 9.17) is 6.42 Å². The molecule has 0 atom stereocenters. The zero-order valence-electron chi connectivity index (χ0n) is 6.47. The molecule has 0 saturated carbocycles. The van der Waals surface area contributed by atoms with Gasteiger partial charge >= 0.3 is 0 Å². The van der Waals surface area contributed by atoms with Crippen molar-refractivity contribution in [3.63, 3.8) is 0 Å². The standard InChI is InChI=1S/C8H13NO.ClH/c1-2-3-8(10)4-6-9-7-5-8;/h1,9-10H,3-7H2;1H. The lowest BCUT2D eigenvalue weighted by molar-refractivity contribution is 0.0154. The quantitative estimate of drug-likeness (QED) is 0.571. The monoisotopic (exact) mass is 175 g/mol. The molecule has 0 radical (unpaired) electrons. The molecule has 0 aliphatic carbocycles. The zero-order chi connectivity index (χ0) is 7.45. The highest BCUT2D eigenvalue weighted by atomic mass is 35.5. The smallest absolute Gasteiger partial charge is 0.0780 e. The van der Waals surface area contributed by atoms with E-state index in [0.29, 0.717) is 6.42 Å². The Kier molecular flexibility index (Phi) is 4.51. The Balaban J connectivity index is 0.000001000. The Hall–Kier alpha value is -0.230. The van der Waals surface area contributed by atoms with Gasteiger partial charge in [-0.25, -0.2) is 0 Å². The minimum atomic E-state index is -0.569. The predicted molar refractivity (Wildman–Crippen MR) is 47.8 cm³/mol. The van der Waals surface area contributed by atoms with Crippen molar-refractivity contribution < 1.29 is 5.11 Å². The maximum atomic E-state index is 9.69. The highest BCUT2D eigenvalue weighted by Crippen LogP contribution is 2.20. The topological polar surface area (TPSA) is 32.3 Å². The summed E-state index contributed by atoms with van der Waals surface area (Å²) in [5.74, 6) is 2.50. The molecule has 0 aromatic rings. The van der Waals surface area contributed by atoms with Gasteiger partial charge < -0.3 is 10.4 Å². The minimum absolute atomic E-state index is 0. The maximum Gasteiger partial charge on any atom is 0.0780 e. The van der Waals surface area contributed by atoms with E-state index < -0.39 is 5.60 Å². The summed E-state index contributed by atoms with van der Waals surface area (Å²) in [5.41, 5.74) is -0.569. The van der Waals surface area contributed by atoms with Crippen LogP contribution in [0.2, 0.25) is 0 Å². The number of rotatable bonds is 1. The number of halogens is 1. The van der Waals surface area contributed by atoms with E-state index >= 15 is 0 Å². The number of piperidine rings is 1. The van der Waals surface area contributed by atoms with Gasteiger partial charge in [-0.3, -0.25) is 0 Å². The lowest BCUT2D eigenvalue weighted by Crippen LogP contribution is -2.41. The molecule has 1 rings (SSSR count). The van der Waals surface area contributed by atoms with Gasteiger partial charge in [0.15, 0.2) is 0 Å². The predicted octanol–water partition coefficient (Wildman–Crippen LogP) is 0.546. The molecule has 0 amide bonds. The van der Waals surface area contributed by atoms with Gasteiger partial charge in [0.25, 0.3) is 0 Å². The Morgan fingerprint density at radius 2 is 2.00 bits per heavy atom. The summed E-state index contributed by atoms with van der Waals surface area (Å²) in [7, 11) is 0. The summed E-state index contributed by atoms with van der Waals surface area (Å²) in [6.45, 7) is 1.77. The summed E-state index contributed by atoms with van der Waals surface area (Å²) < 4.78 is 0. The van der Waals surface area contributed by atoms with Crippen molar-refractivity contribution in [2.75, 3.05) is 13.1 Å². The molecule has 1 heterocycles. The lowest BCUT2D eigenvalue weighted by atomic mass is 9.90. The summed E-state index contributed by atoms with van der Waals surface area (Å²) in [6.07, 6.45) is 7.19. The molecular formula is C8H14ClNO. The highest BCUT2D eigenvalue weighted by molar-refractivity contribution is 5.85. The molecule has 1 aliphatic rings. The normalized spacial score (nSPS) is 21.5. The van der Waals surface area contributed by atoms with Crippen molar-refractivity contribution in [3.8, 4) is 12.3 Å². The van der Waals surface area contributed by atoms with Gasteiger partial charge in [-0.05, 0) is 25.9 Å². The number of aliphatic hydroxyl groups is 1. The number of hydrogen-bond donors (Lipinski definition) is 2. The van der Waals surface area contributed by atoms with Crippen LogP contribution in [0.25, 0.3) is 0 Å². The fraction of sp³-hybridized carbons (Fsp3) is 0.750. The zero-order valence-corrected chi connectivity index (χ0v) is 7.28. The van der Waals surface area contributed by atoms with Crippen LogP contribution >= 0.6 is 12.4 Å². The van der Waals surface area contributed by atoms with E-state index in [-0.39, 0.29) is 12.4 Å². The van der Waals surface area contributed by atoms with E-state index in [2.05, 4.69) is 11.2 Å². The first-order chi connectivity index (χ1) is 4.77. The average Bonchev–Trinajstić information content (AvgIpc) is 1.89. The second-order valence-electron chi connectivity index (χ2n) is 2.86. The fourth-order valence-electron chi connectivity index (χ4n) is 1.26. The summed E-state index contributed by atoms with van der Waals surface area (Å²) in [5, 5.41) is 12.9. The minimum Gasteiger partial charge on any atom is -0.389 e. The van der Waals surface area contributed by atoms with Crippen molar-refractivity contribution in [2.24, 2.45) is 0 Å². The second-order valence-corrected chi connectivity index (χ2v) is 2.86. The molecule has 0 unspecified atom stereocenters. The molecule has 1 aliphatic heterocycles. The molecule has 2 N–H and O–H groups in total. The number of hydrogen-bond acceptors (Lipinski definition) is 2. The van der Waals surface area contributed by atoms with Gasteiger partial charge in [-0.15, -0.1) is 24.8 Å². The molecule has 2 nitrogen and oxygen atoms in total. The Bertz CT molecular complexity index is 147. The molecule has 1 fully saturated rings. The molecule has 0 aromatic heterocycles. The van der Waals surface area contributed by atoms with E-state index in [1.165, 1.54) is 0 Å². The van der Waals surface area contributed by atoms with Gasteiger partial charge in [0.05, 0.1) is 5.60 Å². The van der Waals surface area contributed by atoms with Crippen molar-refractivity contribution in [3.05, 3.63) is 0 Å². The molecule has 1 saturated heterocycles. The van der Waals surface area contributed by atoms with Gasteiger partial charge in [0, 0.05) is 6.42 Å². The van der Waals surface area contributed by atoms with Gasteiger partial charge in [0.1, 0.15) is 0 Å². The van der Waals surface area contributed by atoms with E-state index in [9.17, 15) is 5.11 Å². The summed E-state index contributed by atoms with van der Waals surface area (Å²) in [6, 6.07) is 0. The van der Waals surface area contributed by atoms with Crippen LogP contribution in [0.3, 0.4) is 0 Å². The second kappa shape index (κ2) is 4.61. The third-order valence-corrected chi connectivity index (χ3v) is 1.97. The van der Waals surface area contributed by atoms with Crippen molar-refractivity contribution in [1.29, 1.82) is 0 Å². The van der Waals surface area contributed by atoms with Crippen LogP contribution in [0.4, 0.5) is 0 Å². The summed E-state index contributed by atoms with van der Waals surface area (Å²) in [4.78, 5) is 0. The van der Waals surface area contributed by atoms with E-state index in [1.807, 2.05) is 0 Å². The number of nitrogens with one attached hydrogen (secondary N) is 1. The third-order valence-electron chi connectivity index (χ3n) is 1.97. The molecule has 0 aromatic carbocycles. The first-order valence-corrected chi connectivity index (χ1v) is 3.63. The average molecular weight is 176 g/mol. The SMILES string of the molecule is C#CCC1(O)CCNCC1.Cl. The largest absolute Gasteiger partial charge is 0.389 e. The molecule has 64 valence electrons. The molecule has 11 heavy (non-hydrogen) atoms. The van der Waals surface area contributed by atoms with Crippen molar-refractivity contribution >= 4 is 12.4 Å². The molecule has 0 spiro atoms. The number of terminal acetylenes is 1. The molecular weight excluding hydrogens is 162 g/mol. The Morgan fingerprint density at radius 3 is 2.45 bits per heavy atom. The maximum absolute atomic E-state index is 9.69. The van der Waals surface area contributed by atoms with Crippen LogP contribution in [0.1, 0.15) is 19.3 Å². The summed E-state index contributed by atoms with van der Waals surface area (Å²) >= 11 is 0. The Labute approximate surface area is 73.8 Å². The molecule has 3 heteroatoms. The van der Waals surface area contributed by atoms with Crippen LogP contribution in [0.15, 0.2) is 0 Å². The van der Waals surface area contributed by atoms with Gasteiger partial charge in [-0.1, -0.05) is 0 Å². The van der Waals surface area contributed by atoms with E-state index in [1.54, 1.807) is 0 Å². The first-order valence-electron chi connectivity index (χ1n) is 3.63. The molecule has 0 bridgehead atoms. The van der Waals surface area contributed by atoms with Crippen LogP contribution in [-0.4, -0.2) is 23.8 Å². The van der Waals surface area contributed by atoms with Crippen molar-refractivity contribution in [1.82, 2.24) is 5.32 Å². The van der Waals surface area contributed by atoms with Crippen LogP contribution in [-0.2, 0) is 0 Å².